The van der Waals surface area contributed by atoms with Gasteiger partial charge in [-0.25, -0.2) is 0 Å². The number of nitrogens with one attached hydrogen (secondary N) is 1. The van der Waals surface area contributed by atoms with Crippen LogP contribution in [0.4, 0.5) is 5.69 Å². The van der Waals surface area contributed by atoms with E-state index in [9.17, 15) is 4.79 Å². The minimum Gasteiger partial charge on any atom is -0.493 e. The predicted octanol–water partition coefficient (Wildman–Crippen LogP) is 1.55. The number of hydrogen-bond acceptors (Lipinski definition) is 4. The van der Waals surface area contributed by atoms with Crippen LogP contribution in [0.5, 0.6) is 11.5 Å². The van der Waals surface area contributed by atoms with Crippen LogP contribution in [0.1, 0.15) is 17.3 Å². The molecule has 0 saturated heterocycles. The Hall–Kier alpha value is -1.91. The summed E-state index contributed by atoms with van der Waals surface area (Å²) in [5.41, 5.74) is 1.38. The number of nitrogens with zero attached hydrogens (tertiary/aromatic N) is 1. The highest BCUT2D eigenvalue weighted by molar-refractivity contribution is 6.02. The molecule has 1 amide bonds. The van der Waals surface area contributed by atoms with E-state index >= 15 is 0 Å². The molecule has 5 heteroatoms. The van der Waals surface area contributed by atoms with E-state index in [-0.39, 0.29) is 12.1 Å². The zero-order valence-electron chi connectivity index (χ0n) is 10.4. The fourth-order valence-corrected chi connectivity index (χ4v) is 1.86. The maximum Gasteiger partial charge on any atom is 0.257 e. The fraction of sp³-hybridized carbons (Fsp3) is 0.417. The first-order chi connectivity index (χ1) is 8.08. The number of hydrogen-bond donors (Lipinski definition) is 1. The second-order valence-electron chi connectivity index (χ2n) is 3.99. The normalized spacial score (nSPS) is 18.5. The van der Waals surface area contributed by atoms with E-state index in [0.717, 1.165) is 5.69 Å². The zero-order valence-corrected chi connectivity index (χ0v) is 10.4. The summed E-state index contributed by atoms with van der Waals surface area (Å²) in [6.07, 6.45) is -0.0342. The molecule has 0 radical (unpaired) electrons. The second-order valence-corrected chi connectivity index (χ2v) is 3.99. The minimum absolute atomic E-state index is 0.0211. The van der Waals surface area contributed by atoms with Gasteiger partial charge in [0.2, 0.25) is 0 Å². The van der Waals surface area contributed by atoms with Crippen LogP contribution in [0.3, 0.4) is 0 Å². The summed E-state index contributed by atoms with van der Waals surface area (Å²) in [5.74, 6) is 1.15. The quantitative estimate of drug-likeness (QED) is 0.846. The van der Waals surface area contributed by atoms with Gasteiger partial charge in [0.1, 0.15) is 0 Å². The van der Waals surface area contributed by atoms with Crippen molar-refractivity contribution in [3.63, 3.8) is 0 Å². The summed E-state index contributed by atoms with van der Waals surface area (Å²) in [6.45, 7) is 1.93. The van der Waals surface area contributed by atoms with Gasteiger partial charge in [-0.2, -0.15) is 0 Å². The average molecular weight is 236 g/mol. The maximum atomic E-state index is 12.1. The molecule has 1 unspecified atom stereocenters. The third-order valence-electron chi connectivity index (χ3n) is 3.02. The lowest BCUT2D eigenvalue weighted by atomic mass is 10.1. The molecule has 1 atom stereocenters. The molecule has 1 aliphatic heterocycles. The van der Waals surface area contributed by atoms with Crippen LogP contribution in [0.25, 0.3) is 0 Å². The number of amides is 1. The van der Waals surface area contributed by atoms with Crippen LogP contribution < -0.4 is 14.8 Å². The van der Waals surface area contributed by atoms with Crippen molar-refractivity contribution in [2.24, 2.45) is 0 Å². The SMILES string of the molecule is COc1cc2c(cc1OC)C(=O)N(C)C(C)N2. The number of fused-ring (bicyclic) bond motifs is 1. The molecule has 1 aromatic carbocycles. The van der Waals surface area contributed by atoms with Crippen LogP contribution >= 0.6 is 0 Å². The first kappa shape index (κ1) is 11.6. The van der Waals surface area contributed by atoms with Crippen LogP contribution in [0.15, 0.2) is 12.1 Å². The minimum atomic E-state index is -0.0342. The van der Waals surface area contributed by atoms with Crippen molar-refractivity contribution in [2.75, 3.05) is 26.6 Å². The summed E-state index contributed by atoms with van der Waals surface area (Å²) in [6, 6.07) is 3.49. The van der Waals surface area contributed by atoms with Gasteiger partial charge in [0.25, 0.3) is 5.91 Å². The highest BCUT2D eigenvalue weighted by Gasteiger charge is 2.28. The fourth-order valence-electron chi connectivity index (χ4n) is 1.86. The number of methoxy groups -OCH3 is 2. The van der Waals surface area contributed by atoms with Gasteiger partial charge < -0.3 is 19.7 Å². The molecule has 17 heavy (non-hydrogen) atoms. The molecule has 0 saturated carbocycles. The van der Waals surface area contributed by atoms with E-state index in [1.165, 1.54) is 0 Å². The van der Waals surface area contributed by atoms with E-state index in [2.05, 4.69) is 5.32 Å². The molecule has 0 fully saturated rings. The third kappa shape index (κ3) is 1.77. The van der Waals surface area contributed by atoms with E-state index in [0.29, 0.717) is 17.1 Å². The Morgan fingerprint density at radius 1 is 1.24 bits per heavy atom. The van der Waals surface area contributed by atoms with Gasteiger partial charge in [0.05, 0.1) is 31.6 Å². The van der Waals surface area contributed by atoms with E-state index < -0.39 is 0 Å². The third-order valence-corrected chi connectivity index (χ3v) is 3.02. The van der Waals surface area contributed by atoms with Gasteiger partial charge in [-0.05, 0) is 13.0 Å². The molecule has 0 aliphatic carbocycles. The number of carbonyl (C=O) groups is 1. The Morgan fingerprint density at radius 2 is 1.82 bits per heavy atom. The van der Waals surface area contributed by atoms with Gasteiger partial charge in [0.15, 0.2) is 11.5 Å². The summed E-state index contributed by atoms with van der Waals surface area (Å²) in [4.78, 5) is 13.7. The standard InChI is InChI=1S/C12H16N2O3/c1-7-13-9-6-11(17-4)10(16-3)5-8(9)12(15)14(7)2/h5-7,13H,1-4H3. The van der Waals surface area contributed by atoms with E-state index in [1.54, 1.807) is 38.3 Å². The van der Waals surface area contributed by atoms with Crippen LogP contribution in [0.2, 0.25) is 0 Å². The van der Waals surface area contributed by atoms with Crippen molar-refractivity contribution in [1.29, 1.82) is 0 Å². The van der Waals surface area contributed by atoms with Gasteiger partial charge in [-0.3, -0.25) is 4.79 Å². The molecule has 1 aromatic rings. The topological polar surface area (TPSA) is 50.8 Å². The van der Waals surface area contributed by atoms with Gasteiger partial charge >= 0.3 is 0 Å². The maximum absolute atomic E-state index is 12.1. The summed E-state index contributed by atoms with van der Waals surface area (Å²) in [7, 11) is 4.89. The number of carbonyl (C=O) groups excluding carboxylic acids is 1. The largest absolute Gasteiger partial charge is 0.493 e. The molecule has 0 spiro atoms. The van der Waals surface area contributed by atoms with Crippen LogP contribution in [-0.2, 0) is 0 Å². The molecule has 1 aliphatic rings. The molecule has 2 rings (SSSR count). The highest BCUT2D eigenvalue weighted by Crippen LogP contribution is 2.36. The van der Waals surface area contributed by atoms with Crippen molar-refractivity contribution in [3.8, 4) is 11.5 Å². The Morgan fingerprint density at radius 3 is 2.41 bits per heavy atom. The number of benzene rings is 1. The molecular weight excluding hydrogens is 220 g/mol. The lowest BCUT2D eigenvalue weighted by Crippen LogP contribution is -2.44. The van der Waals surface area contributed by atoms with Crippen molar-refractivity contribution < 1.29 is 14.3 Å². The van der Waals surface area contributed by atoms with E-state index in [4.69, 9.17) is 9.47 Å². The van der Waals surface area contributed by atoms with Crippen LogP contribution in [-0.4, -0.2) is 38.2 Å². The number of anilines is 1. The van der Waals surface area contributed by atoms with Gasteiger partial charge in [0, 0.05) is 13.1 Å². The van der Waals surface area contributed by atoms with Crippen molar-refractivity contribution in [3.05, 3.63) is 17.7 Å². The summed E-state index contributed by atoms with van der Waals surface area (Å²) in [5, 5.41) is 3.24. The molecule has 0 aromatic heterocycles. The Labute approximate surface area is 100 Å². The summed E-state index contributed by atoms with van der Waals surface area (Å²) < 4.78 is 10.4. The molecule has 1 N–H and O–H groups in total. The van der Waals surface area contributed by atoms with Gasteiger partial charge in [-0.15, -0.1) is 0 Å². The molecule has 92 valence electrons. The van der Waals surface area contributed by atoms with E-state index in [1.807, 2.05) is 6.92 Å². The monoisotopic (exact) mass is 236 g/mol. The molecule has 5 nitrogen and oxygen atoms in total. The van der Waals surface area contributed by atoms with Gasteiger partial charge in [-0.1, -0.05) is 0 Å². The first-order valence-electron chi connectivity index (χ1n) is 5.38. The lowest BCUT2D eigenvalue weighted by Gasteiger charge is -2.33. The Bertz CT molecular complexity index is 459. The summed E-state index contributed by atoms with van der Waals surface area (Å²) >= 11 is 0. The number of ether oxygens (including phenoxy) is 2. The lowest BCUT2D eigenvalue weighted by molar-refractivity contribution is 0.0747. The number of rotatable bonds is 2. The Balaban J connectivity index is 2.54. The predicted molar refractivity (Wildman–Crippen MR) is 64.7 cm³/mol. The van der Waals surface area contributed by atoms with Crippen molar-refractivity contribution >= 4 is 11.6 Å². The molecular formula is C12H16N2O3. The van der Waals surface area contributed by atoms with Crippen molar-refractivity contribution in [2.45, 2.75) is 13.1 Å². The smallest absolute Gasteiger partial charge is 0.257 e. The average Bonchev–Trinajstić information content (AvgIpc) is 2.34. The second kappa shape index (κ2) is 4.16. The first-order valence-corrected chi connectivity index (χ1v) is 5.38. The van der Waals surface area contributed by atoms with Crippen LogP contribution in [0, 0.1) is 0 Å². The highest BCUT2D eigenvalue weighted by atomic mass is 16.5. The molecule has 1 heterocycles. The van der Waals surface area contributed by atoms with Crippen molar-refractivity contribution in [1.82, 2.24) is 4.90 Å². The Kier molecular flexibility index (Phi) is 2.83. The molecule has 0 bridgehead atoms. The zero-order chi connectivity index (χ0) is 12.6.